The Bertz CT molecular complexity index is 374. The van der Waals surface area contributed by atoms with Crippen LogP contribution < -0.4 is 0 Å². The average molecular weight is 178 g/mol. The summed E-state index contributed by atoms with van der Waals surface area (Å²) in [5.41, 5.74) is 0.617. The lowest BCUT2D eigenvalue weighted by Crippen LogP contribution is -1.89. The lowest BCUT2D eigenvalue weighted by atomic mass is 10.1. The van der Waals surface area contributed by atoms with Gasteiger partial charge in [-0.25, -0.2) is 4.39 Å². The highest BCUT2D eigenvalue weighted by Crippen LogP contribution is 2.07. The molecule has 0 aromatic heterocycles. The van der Waals surface area contributed by atoms with Crippen LogP contribution in [0.3, 0.4) is 0 Å². The number of carbonyl (C=O) groups is 1. The summed E-state index contributed by atoms with van der Waals surface area (Å²) in [6.07, 6.45) is 0.598. The average Bonchev–Trinajstić information content (AvgIpc) is 2.15. The van der Waals surface area contributed by atoms with Gasteiger partial charge in [-0.1, -0.05) is 11.8 Å². The Labute approximate surface area is 75.0 Å². The molecule has 0 aliphatic rings. The number of carbonyl (C=O) groups excluding carboxylic acids is 1. The summed E-state index contributed by atoms with van der Waals surface area (Å²) in [7, 11) is 0. The SMILES string of the molecule is O=Cc1ccc(F)cc1C#CCO. The Hall–Kier alpha value is -1.66. The molecule has 0 radical (unpaired) electrons. The number of aliphatic hydroxyl groups excluding tert-OH is 1. The van der Waals surface area contributed by atoms with Crippen molar-refractivity contribution in [1.82, 2.24) is 0 Å². The van der Waals surface area contributed by atoms with E-state index in [9.17, 15) is 9.18 Å². The fourth-order valence-electron chi connectivity index (χ4n) is 0.874. The first-order valence-corrected chi connectivity index (χ1v) is 3.62. The van der Waals surface area contributed by atoms with Crippen molar-refractivity contribution in [2.75, 3.05) is 6.61 Å². The van der Waals surface area contributed by atoms with E-state index in [1.165, 1.54) is 12.1 Å². The second-order valence-corrected chi connectivity index (χ2v) is 2.31. The Morgan fingerprint density at radius 2 is 2.31 bits per heavy atom. The predicted octanol–water partition coefficient (Wildman–Crippen LogP) is 0.982. The molecule has 0 aliphatic heterocycles. The number of halogens is 1. The van der Waals surface area contributed by atoms with Crippen molar-refractivity contribution in [2.45, 2.75) is 0 Å². The zero-order valence-electron chi connectivity index (χ0n) is 6.75. The van der Waals surface area contributed by atoms with Gasteiger partial charge in [-0.05, 0) is 18.2 Å². The van der Waals surface area contributed by atoms with Crippen LogP contribution in [0.25, 0.3) is 0 Å². The zero-order valence-corrected chi connectivity index (χ0v) is 6.75. The van der Waals surface area contributed by atoms with E-state index in [0.29, 0.717) is 17.4 Å². The smallest absolute Gasteiger partial charge is 0.151 e. The molecule has 66 valence electrons. The molecule has 3 heteroatoms. The van der Waals surface area contributed by atoms with Gasteiger partial charge in [0.25, 0.3) is 0 Å². The lowest BCUT2D eigenvalue weighted by Gasteiger charge is -1.95. The van der Waals surface area contributed by atoms with Crippen LogP contribution in [-0.2, 0) is 0 Å². The number of hydrogen-bond acceptors (Lipinski definition) is 2. The summed E-state index contributed by atoms with van der Waals surface area (Å²) in [4.78, 5) is 10.4. The second kappa shape index (κ2) is 4.39. The van der Waals surface area contributed by atoms with E-state index in [2.05, 4.69) is 11.8 Å². The third kappa shape index (κ3) is 2.39. The standard InChI is InChI=1S/C10H7FO2/c11-10-4-3-9(7-13)8(6-10)2-1-5-12/h3-4,6-7,12H,5H2. The maximum atomic E-state index is 12.7. The molecule has 0 unspecified atom stereocenters. The first-order chi connectivity index (χ1) is 6.27. The Balaban J connectivity index is 3.15. The van der Waals surface area contributed by atoms with Crippen LogP contribution in [0.1, 0.15) is 15.9 Å². The van der Waals surface area contributed by atoms with Gasteiger partial charge in [-0.3, -0.25) is 4.79 Å². The monoisotopic (exact) mass is 178 g/mol. The van der Waals surface area contributed by atoms with E-state index in [1.807, 2.05) is 0 Å². The van der Waals surface area contributed by atoms with Crippen LogP contribution in [0.2, 0.25) is 0 Å². The third-order valence-corrected chi connectivity index (χ3v) is 1.44. The maximum Gasteiger partial charge on any atom is 0.151 e. The van der Waals surface area contributed by atoms with Gasteiger partial charge in [0.2, 0.25) is 0 Å². The van der Waals surface area contributed by atoms with Gasteiger partial charge in [-0.2, -0.15) is 0 Å². The molecule has 1 aromatic carbocycles. The summed E-state index contributed by atoms with van der Waals surface area (Å²) >= 11 is 0. The highest BCUT2D eigenvalue weighted by Gasteiger charge is 1.99. The fourth-order valence-corrected chi connectivity index (χ4v) is 0.874. The molecule has 0 aliphatic carbocycles. The Morgan fingerprint density at radius 3 is 2.92 bits per heavy atom. The molecule has 0 saturated heterocycles. The summed E-state index contributed by atoms with van der Waals surface area (Å²) < 4.78 is 12.7. The molecule has 0 bridgehead atoms. The number of aldehydes is 1. The minimum Gasteiger partial charge on any atom is -0.384 e. The van der Waals surface area contributed by atoms with Gasteiger partial charge in [-0.15, -0.1) is 0 Å². The molecule has 13 heavy (non-hydrogen) atoms. The topological polar surface area (TPSA) is 37.3 Å². The van der Waals surface area contributed by atoms with Crippen molar-refractivity contribution in [3.8, 4) is 11.8 Å². The minimum absolute atomic E-state index is 0.295. The van der Waals surface area contributed by atoms with Crippen molar-refractivity contribution >= 4 is 6.29 Å². The molecule has 0 amide bonds. The third-order valence-electron chi connectivity index (χ3n) is 1.44. The molecular formula is C10H7FO2. The van der Waals surface area contributed by atoms with Crippen molar-refractivity contribution < 1.29 is 14.3 Å². The molecule has 1 aromatic rings. The van der Waals surface area contributed by atoms with E-state index in [-0.39, 0.29) is 6.61 Å². The van der Waals surface area contributed by atoms with Gasteiger partial charge in [0.05, 0.1) is 0 Å². The molecule has 0 spiro atoms. The first-order valence-electron chi connectivity index (χ1n) is 3.62. The fraction of sp³-hybridized carbons (Fsp3) is 0.100. The molecule has 0 heterocycles. The van der Waals surface area contributed by atoms with Gasteiger partial charge in [0.1, 0.15) is 12.4 Å². The van der Waals surface area contributed by atoms with Crippen LogP contribution in [0.4, 0.5) is 4.39 Å². The molecular weight excluding hydrogens is 171 g/mol. The summed E-state index contributed by atoms with van der Waals surface area (Å²) in [6, 6.07) is 3.70. The van der Waals surface area contributed by atoms with Crippen LogP contribution in [0.15, 0.2) is 18.2 Å². The van der Waals surface area contributed by atoms with E-state index in [0.717, 1.165) is 6.07 Å². The van der Waals surface area contributed by atoms with Crippen molar-refractivity contribution in [3.63, 3.8) is 0 Å². The molecule has 1 N–H and O–H groups in total. The summed E-state index contributed by atoms with van der Waals surface area (Å²) in [6.45, 7) is -0.311. The van der Waals surface area contributed by atoms with Crippen molar-refractivity contribution in [2.24, 2.45) is 0 Å². The Morgan fingerprint density at radius 1 is 1.54 bits per heavy atom. The molecule has 2 nitrogen and oxygen atoms in total. The van der Waals surface area contributed by atoms with Crippen LogP contribution in [0.5, 0.6) is 0 Å². The highest BCUT2D eigenvalue weighted by atomic mass is 19.1. The normalized spacial score (nSPS) is 8.77. The van der Waals surface area contributed by atoms with Crippen molar-refractivity contribution in [1.29, 1.82) is 0 Å². The van der Waals surface area contributed by atoms with E-state index < -0.39 is 5.82 Å². The second-order valence-electron chi connectivity index (χ2n) is 2.31. The van der Waals surface area contributed by atoms with Crippen molar-refractivity contribution in [3.05, 3.63) is 35.1 Å². The number of rotatable bonds is 1. The lowest BCUT2D eigenvalue weighted by molar-refractivity contribution is 0.112. The van der Waals surface area contributed by atoms with Gasteiger partial charge >= 0.3 is 0 Å². The van der Waals surface area contributed by atoms with Crippen LogP contribution in [0, 0.1) is 17.7 Å². The largest absolute Gasteiger partial charge is 0.384 e. The summed E-state index contributed by atoms with van der Waals surface area (Å²) in [5, 5.41) is 8.40. The molecule has 1 rings (SSSR count). The van der Waals surface area contributed by atoms with E-state index >= 15 is 0 Å². The first kappa shape index (κ1) is 9.43. The number of aliphatic hydroxyl groups is 1. The van der Waals surface area contributed by atoms with Gasteiger partial charge < -0.3 is 5.11 Å². The van der Waals surface area contributed by atoms with E-state index in [1.54, 1.807) is 0 Å². The highest BCUT2D eigenvalue weighted by molar-refractivity contribution is 5.79. The predicted molar refractivity (Wildman–Crippen MR) is 45.8 cm³/mol. The zero-order chi connectivity index (χ0) is 9.68. The number of benzene rings is 1. The quantitative estimate of drug-likeness (QED) is 0.514. The minimum atomic E-state index is -0.451. The maximum absolute atomic E-state index is 12.7. The molecule has 0 atom stereocenters. The number of hydrogen-bond donors (Lipinski definition) is 1. The molecule has 0 saturated carbocycles. The van der Waals surface area contributed by atoms with Crippen LogP contribution in [-0.4, -0.2) is 18.0 Å². The van der Waals surface area contributed by atoms with Gasteiger partial charge in [0, 0.05) is 11.1 Å². The van der Waals surface area contributed by atoms with Gasteiger partial charge in [0.15, 0.2) is 6.29 Å². The van der Waals surface area contributed by atoms with Crippen LogP contribution >= 0.6 is 0 Å². The Kier molecular flexibility index (Phi) is 3.18. The molecule has 0 fully saturated rings. The van der Waals surface area contributed by atoms with E-state index in [4.69, 9.17) is 5.11 Å². The summed E-state index contributed by atoms with van der Waals surface area (Å²) in [5.74, 6) is 4.38.